The third kappa shape index (κ3) is 2.45. The summed E-state index contributed by atoms with van der Waals surface area (Å²) in [6.45, 7) is 2.85. The highest BCUT2D eigenvalue weighted by molar-refractivity contribution is 5.78. The van der Waals surface area contributed by atoms with Gasteiger partial charge in [0.25, 0.3) is 6.01 Å². The average Bonchev–Trinajstić information content (AvgIpc) is 2.87. The number of nitrogens with two attached hydrogens (primary N) is 1. The number of hydrogen-bond donors (Lipinski definition) is 2. The molecule has 3 N–H and O–H groups in total. The second kappa shape index (κ2) is 5.25. The van der Waals surface area contributed by atoms with Crippen molar-refractivity contribution < 1.29 is 4.42 Å². The van der Waals surface area contributed by atoms with Gasteiger partial charge in [-0.15, -0.1) is 0 Å². The van der Waals surface area contributed by atoms with E-state index in [4.69, 9.17) is 10.2 Å². The lowest BCUT2D eigenvalue weighted by Crippen LogP contribution is -2.02. The summed E-state index contributed by atoms with van der Waals surface area (Å²) in [6.07, 6.45) is 1.02. The van der Waals surface area contributed by atoms with Crippen LogP contribution in [-0.4, -0.2) is 4.98 Å². The molecule has 2 aromatic carbocycles. The van der Waals surface area contributed by atoms with Crippen molar-refractivity contribution in [3.63, 3.8) is 0 Å². The number of nitrogens with zero attached hydrogens (tertiary/aromatic N) is 1. The van der Waals surface area contributed by atoms with E-state index in [9.17, 15) is 0 Å². The third-order valence-electron chi connectivity index (χ3n) is 3.34. The summed E-state index contributed by atoms with van der Waals surface area (Å²) < 4.78 is 5.64. The molecule has 0 radical (unpaired) electrons. The van der Waals surface area contributed by atoms with Gasteiger partial charge in [-0.2, -0.15) is 4.98 Å². The molecule has 0 aliphatic carbocycles. The highest BCUT2D eigenvalue weighted by Crippen LogP contribution is 2.21. The molecule has 102 valence electrons. The van der Waals surface area contributed by atoms with Crippen LogP contribution in [0.1, 0.15) is 18.1 Å². The van der Waals surface area contributed by atoms with Crippen LogP contribution in [0.2, 0.25) is 0 Å². The molecule has 0 spiro atoms. The van der Waals surface area contributed by atoms with E-state index >= 15 is 0 Å². The first kappa shape index (κ1) is 12.5. The van der Waals surface area contributed by atoms with E-state index < -0.39 is 0 Å². The number of rotatable bonds is 4. The van der Waals surface area contributed by atoms with Gasteiger partial charge in [0.05, 0.1) is 0 Å². The fourth-order valence-electron chi connectivity index (χ4n) is 2.26. The molecule has 1 heterocycles. The summed E-state index contributed by atoms with van der Waals surface area (Å²) in [7, 11) is 0. The molecule has 1 aromatic heterocycles. The van der Waals surface area contributed by atoms with Crippen molar-refractivity contribution in [1.82, 2.24) is 4.98 Å². The molecule has 0 atom stereocenters. The highest BCUT2D eigenvalue weighted by Gasteiger charge is 2.06. The van der Waals surface area contributed by atoms with E-state index in [1.165, 1.54) is 11.1 Å². The zero-order valence-electron chi connectivity index (χ0n) is 11.4. The molecule has 3 rings (SSSR count). The summed E-state index contributed by atoms with van der Waals surface area (Å²) in [4.78, 5) is 4.39. The molecule has 4 nitrogen and oxygen atoms in total. The molecular weight excluding hydrogens is 250 g/mol. The Morgan fingerprint density at radius 1 is 1.15 bits per heavy atom. The van der Waals surface area contributed by atoms with Gasteiger partial charge in [0.15, 0.2) is 5.58 Å². The van der Waals surface area contributed by atoms with Crippen LogP contribution < -0.4 is 11.1 Å². The topological polar surface area (TPSA) is 64.1 Å². The van der Waals surface area contributed by atoms with Crippen molar-refractivity contribution in [2.75, 3.05) is 11.1 Å². The SMILES string of the molecule is CCc1ccccc1CNc1nc2ccc(N)cc2o1. The molecule has 0 unspecified atom stereocenters. The first-order valence-corrected chi connectivity index (χ1v) is 6.73. The maximum absolute atomic E-state index is 5.73. The molecule has 3 aromatic rings. The molecule has 0 saturated carbocycles. The lowest BCUT2D eigenvalue weighted by atomic mass is 10.1. The van der Waals surface area contributed by atoms with Crippen molar-refractivity contribution >= 4 is 22.8 Å². The Balaban J connectivity index is 1.79. The first-order chi connectivity index (χ1) is 9.76. The van der Waals surface area contributed by atoms with Gasteiger partial charge in [-0.05, 0) is 29.7 Å². The predicted molar refractivity (Wildman–Crippen MR) is 81.6 cm³/mol. The fraction of sp³-hybridized carbons (Fsp3) is 0.188. The van der Waals surface area contributed by atoms with Crippen LogP contribution in [0.25, 0.3) is 11.1 Å². The Kier molecular flexibility index (Phi) is 3.29. The third-order valence-corrected chi connectivity index (χ3v) is 3.34. The number of fused-ring (bicyclic) bond motifs is 1. The van der Waals surface area contributed by atoms with Crippen LogP contribution in [0, 0.1) is 0 Å². The molecule has 0 amide bonds. The minimum absolute atomic E-state index is 0.525. The maximum Gasteiger partial charge on any atom is 0.295 e. The first-order valence-electron chi connectivity index (χ1n) is 6.73. The molecule has 0 fully saturated rings. The Labute approximate surface area is 117 Å². The van der Waals surface area contributed by atoms with Gasteiger partial charge in [0, 0.05) is 18.3 Å². The van der Waals surface area contributed by atoms with E-state index in [-0.39, 0.29) is 0 Å². The zero-order chi connectivity index (χ0) is 13.9. The van der Waals surface area contributed by atoms with E-state index in [2.05, 4.69) is 35.4 Å². The van der Waals surface area contributed by atoms with Gasteiger partial charge < -0.3 is 15.5 Å². The van der Waals surface area contributed by atoms with Crippen molar-refractivity contribution in [1.29, 1.82) is 0 Å². The van der Waals surface area contributed by atoms with Crippen molar-refractivity contribution in [3.05, 3.63) is 53.6 Å². The Morgan fingerprint density at radius 3 is 2.75 bits per heavy atom. The van der Waals surface area contributed by atoms with Gasteiger partial charge in [0.1, 0.15) is 5.52 Å². The molecule has 4 heteroatoms. The van der Waals surface area contributed by atoms with E-state index in [0.29, 0.717) is 23.8 Å². The summed E-state index contributed by atoms with van der Waals surface area (Å²) in [5, 5.41) is 3.23. The lowest BCUT2D eigenvalue weighted by Gasteiger charge is -2.07. The molecular formula is C16H17N3O. The van der Waals surface area contributed by atoms with Crippen LogP contribution in [0.3, 0.4) is 0 Å². The highest BCUT2D eigenvalue weighted by atomic mass is 16.4. The number of aromatic nitrogens is 1. The van der Waals surface area contributed by atoms with E-state index in [1.807, 2.05) is 18.2 Å². The van der Waals surface area contributed by atoms with Gasteiger partial charge in [-0.1, -0.05) is 31.2 Å². The van der Waals surface area contributed by atoms with Crippen molar-refractivity contribution in [2.24, 2.45) is 0 Å². The predicted octanol–water partition coefficient (Wildman–Crippen LogP) is 3.58. The molecule has 0 aliphatic heterocycles. The van der Waals surface area contributed by atoms with Crippen molar-refractivity contribution in [2.45, 2.75) is 19.9 Å². The molecule has 0 saturated heterocycles. The van der Waals surface area contributed by atoms with Crippen LogP contribution in [0.15, 0.2) is 46.9 Å². The summed E-state index contributed by atoms with van der Waals surface area (Å²) >= 11 is 0. The molecule has 0 bridgehead atoms. The quantitative estimate of drug-likeness (QED) is 0.709. The second-order valence-corrected chi connectivity index (χ2v) is 4.72. The van der Waals surface area contributed by atoms with Crippen LogP contribution in [0.5, 0.6) is 0 Å². The van der Waals surface area contributed by atoms with Gasteiger partial charge >= 0.3 is 0 Å². The van der Waals surface area contributed by atoms with Crippen LogP contribution >= 0.6 is 0 Å². The fourth-order valence-corrected chi connectivity index (χ4v) is 2.26. The summed E-state index contributed by atoms with van der Waals surface area (Å²) in [6, 6.07) is 14.4. The maximum atomic E-state index is 5.73. The molecule has 0 aliphatic rings. The van der Waals surface area contributed by atoms with Gasteiger partial charge in [0.2, 0.25) is 0 Å². The lowest BCUT2D eigenvalue weighted by molar-refractivity contribution is 0.614. The molecule has 20 heavy (non-hydrogen) atoms. The van der Waals surface area contributed by atoms with Crippen LogP contribution in [-0.2, 0) is 13.0 Å². The number of oxazole rings is 1. The Bertz CT molecular complexity index is 733. The number of anilines is 2. The normalized spacial score (nSPS) is 10.8. The minimum atomic E-state index is 0.525. The average molecular weight is 267 g/mol. The number of nitrogens with one attached hydrogen (secondary N) is 1. The summed E-state index contributed by atoms with van der Waals surface area (Å²) in [5.41, 5.74) is 10.5. The zero-order valence-corrected chi connectivity index (χ0v) is 11.4. The largest absolute Gasteiger partial charge is 0.423 e. The minimum Gasteiger partial charge on any atom is -0.423 e. The number of hydrogen-bond acceptors (Lipinski definition) is 4. The van der Waals surface area contributed by atoms with Crippen LogP contribution in [0.4, 0.5) is 11.7 Å². The van der Waals surface area contributed by atoms with E-state index in [1.54, 1.807) is 6.07 Å². The Morgan fingerprint density at radius 2 is 1.95 bits per heavy atom. The Hall–Kier alpha value is -2.49. The number of benzene rings is 2. The standard InChI is InChI=1S/C16H17N3O/c1-2-11-5-3-4-6-12(11)10-18-16-19-14-8-7-13(17)9-15(14)20-16/h3-9H,2,10,17H2,1H3,(H,18,19). The van der Waals surface area contributed by atoms with Crippen molar-refractivity contribution in [3.8, 4) is 0 Å². The van der Waals surface area contributed by atoms with E-state index in [0.717, 1.165) is 11.9 Å². The summed E-state index contributed by atoms with van der Waals surface area (Å²) in [5.74, 6) is 0. The second-order valence-electron chi connectivity index (χ2n) is 4.72. The number of nitrogen functional groups attached to an aromatic ring is 1. The smallest absolute Gasteiger partial charge is 0.295 e. The monoisotopic (exact) mass is 267 g/mol. The van der Waals surface area contributed by atoms with Gasteiger partial charge in [-0.3, -0.25) is 0 Å². The number of aryl methyl sites for hydroxylation is 1. The van der Waals surface area contributed by atoms with Gasteiger partial charge in [-0.25, -0.2) is 0 Å².